The first-order valence-corrected chi connectivity index (χ1v) is 11.3. The normalized spacial score (nSPS) is 22.6. The number of hydrogen-bond acceptors (Lipinski definition) is 5. The maximum atomic E-state index is 13.6. The number of rotatable bonds is 6. The highest BCUT2D eigenvalue weighted by Crippen LogP contribution is 2.39. The van der Waals surface area contributed by atoms with Crippen molar-refractivity contribution in [3.8, 4) is 5.75 Å². The summed E-state index contributed by atoms with van der Waals surface area (Å²) in [6.45, 7) is 3.30. The van der Waals surface area contributed by atoms with E-state index in [2.05, 4.69) is 20.4 Å². The minimum Gasteiger partial charge on any atom is -0.406 e. The van der Waals surface area contributed by atoms with Gasteiger partial charge in [0.2, 0.25) is 12.1 Å². The van der Waals surface area contributed by atoms with E-state index in [9.17, 15) is 31.1 Å². The van der Waals surface area contributed by atoms with Gasteiger partial charge in [0.1, 0.15) is 5.75 Å². The van der Waals surface area contributed by atoms with Crippen molar-refractivity contribution in [1.29, 1.82) is 0 Å². The Labute approximate surface area is 209 Å². The monoisotopic (exact) mass is 526 g/mol. The Hall–Kier alpha value is -3.54. The number of carbonyl (C=O) groups is 1. The molecular weight excluding hydrogens is 502 g/mol. The Morgan fingerprint density at radius 3 is 2.24 bits per heavy atom. The highest BCUT2D eigenvalue weighted by molar-refractivity contribution is 6.00. The number of halogens is 6. The topological polar surface area (TPSA) is 66.0 Å². The Kier molecular flexibility index (Phi) is 6.97. The van der Waals surface area contributed by atoms with Crippen LogP contribution >= 0.6 is 0 Å². The van der Waals surface area contributed by atoms with Crippen LogP contribution in [-0.2, 0) is 4.79 Å². The largest absolute Gasteiger partial charge is 0.573 e. The smallest absolute Gasteiger partial charge is 0.406 e. The molecule has 2 aromatic carbocycles. The molecule has 198 valence electrons. The number of anilines is 1. The summed E-state index contributed by atoms with van der Waals surface area (Å²) >= 11 is 0. The van der Waals surface area contributed by atoms with Gasteiger partial charge in [0.05, 0.1) is 17.6 Å². The number of carbonyl (C=O) groups excluding carboxylic acids is 1. The highest BCUT2D eigenvalue weighted by Gasteiger charge is 2.46. The molecule has 1 saturated heterocycles. The van der Waals surface area contributed by atoms with Gasteiger partial charge in [-0.25, -0.2) is 0 Å². The van der Waals surface area contributed by atoms with E-state index in [-0.39, 0.29) is 18.0 Å². The van der Waals surface area contributed by atoms with Crippen LogP contribution in [0.4, 0.5) is 32.0 Å². The number of nitrogens with zero attached hydrogens (tertiary/aromatic N) is 2. The molecule has 0 saturated carbocycles. The summed E-state index contributed by atoms with van der Waals surface area (Å²) in [6, 6.07) is 12.8. The summed E-state index contributed by atoms with van der Waals surface area (Å²) < 4.78 is 81.3. The molecule has 3 atom stereocenters. The second kappa shape index (κ2) is 9.73. The fourth-order valence-corrected chi connectivity index (χ4v) is 4.45. The average molecular weight is 526 g/mol. The van der Waals surface area contributed by atoms with Crippen molar-refractivity contribution in [2.24, 2.45) is 4.99 Å². The Balaban J connectivity index is 1.59. The van der Waals surface area contributed by atoms with Crippen molar-refractivity contribution in [1.82, 2.24) is 10.6 Å². The third-order valence-electron chi connectivity index (χ3n) is 6.13. The van der Waals surface area contributed by atoms with Crippen LogP contribution in [-0.4, -0.2) is 42.4 Å². The molecule has 2 aliphatic heterocycles. The molecule has 1 amide bonds. The third-order valence-corrected chi connectivity index (χ3v) is 6.13. The van der Waals surface area contributed by atoms with Crippen molar-refractivity contribution < 1.29 is 35.9 Å². The predicted octanol–water partition coefficient (Wildman–Crippen LogP) is 5.25. The molecule has 0 spiro atoms. The molecule has 0 aromatic heterocycles. The number of hydrogen-bond donors (Lipinski definition) is 2. The first kappa shape index (κ1) is 26.5. The second-order valence-corrected chi connectivity index (χ2v) is 9.20. The van der Waals surface area contributed by atoms with Gasteiger partial charge in [0.15, 0.2) is 0 Å². The third kappa shape index (κ3) is 6.07. The lowest BCUT2D eigenvalue weighted by Crippen LogP contribution is -2.56. The van der Waals surface area contributed by atoms with Crippen molar-refractivity contribution in [2.45, 2.75) is 56.6 Å². The highest BCUT2D eigenvalue weighted by atomic mass is 19.4. The van der Waals surface area contributed by atoms with Gasteiger partial charge in [0.25, 0.3) is 0 Å². The van der Waals surface area contributed by atoms with Crippen LogP contribution in [0.5, 0.6) is 5.75 Å². The number of amides is 1. The second-order valence-electron chi connectivity index (χ2n) is 9.20. The number of aliphatic imine (C=N–C) groups is 1. The molecule has 0 aliphatic carbocycles. The van der Waals surface area contributed by atoms with E-state index in [1.165, 1.54) is 23.1 Å². The molecule has 12 heteroatoms. The fourth-order valence-electron chi connectivity index (χ4n) is 4.45. The standard InChI is InChI=1S/C25H24F6N4O2/c1-23(2,20-12-13-32-22(33-20)24(26,27)28)34-18-14-19(15-6-4-3-5-7-15)35(21(18)36)16-8-10-17(11-9-16)37-25(29,30)31/h3-13,18-19,22,33-34H,14H2,1-2H3/t18-,19-,22?/m1/s1. The van der Waals surface area contributed by atoms with Crippen LogP contribution in [0.1, 0.15) is 31.9 Å². The average Bonchev–Trinajstić information content (AvgIpc) is 3.14. The van der Waals surface area contributed by atoms with E-state index >= 15 is 0 Å². The summed E-state index contributed by atoms with van der Waals surface area (Å²) in [6.07, 6.45) is -8.77. The Morgan fingerprint density at radius 1 is 1.00 bits per heavy atom. The molecule has 2 aromatic rings. The SMILES string of the molecule is CC(C)(N[C@@H]1C[C@H](c2ccccc2)N(c2ccc(OC(F)(F)F)cc2)C1=O)C1=CC=NC(C(F)(F)F)N1. The minimum atomic E-state index is -4.85. The Bertz CT molecular complexity index is 1180. The lowest BCUT2D eigenvalue weighted by Gasteiger charge is -2.35. The number of alkyl halides is 6. The zero-order valence-corrected chi connectivity index (χ0v) is 19.8. The van der Waals surface area contributed by atoms with Crippen LogP contribution in [0.25, 0.3) is 0 Å². The zero-order valence-electron chi connectivity index (χ0n) is 19.8. The van der Waals surface area contributed by atoms with E-state index in [4.69, 9.17) is 0 Å². The summed E-state index contributed by atoms with van der Waals surface area (Å²) in [5.74, 6) is -0.796. The van der Waals surface area contributed by atoms with Crippen LogP contribution in [0, 0.1) is 0 Å². The van der Waals surface area contributed by atoms with Crippen LogP contribution in [0.2, 0.25) is 0 Å². The van der Waals surface area contributed by atoms with Gasteiger partial charge in [-0.2, -0.15) is 13.2 Å². The van der Waals surface area contributed by atoms with Crippen molar-refractivity contribution in [2.75, 3.05) is 4.90 Å². The van der Waals surface area contributed by atoms with Crippen molar-refractivity contribution >= 4 is 17.8 Å². The van der Waals surface area contributed by atoms with Crippen molar-refractivity contribution in [3.63, 3.8) is 0 Å². The molecule has 2 aliphatic rings. The molecule has 1 fully saturated rings. The van der Waals surface area contributed by atoms with Crippen molar-refractivity contribution in [3.05, 3.63) is 71.9 Å². The molecular formula is C25H24F6N4O2. The van der Waals surface area contributed by atoms with E-state index in [1.54, 1.807) is 26.0 Å². The molecule has 2 N–H and O–H groups in total. The van der Waals surface area contributed by atoms with Gasteiger partial charge in [-0.3, -0.25) is 15.1 Å². The van der Waals surface area contributed by atoms with E-state index in [0.29, 0.717) is 5.69 Å². The summed E-state index contributed by atoms with van der Waals surface area (Å²) in [5.41, 5.74) is 0.293. The lowest BCUT2D eigenvalue weighted by atomic mass is 9.95. The summed E-state index contributed by atoms with van der Waals surface area (Å²) in [5, 5.41) is 5.54. The predicted molar refractivity (Wildman–Crippen MR) is 125 cm³/mol. The van der Waals surface area contributed by atoms with E-state index in [1.807, 2.05) is 18.2 Å². The molecule has 6 nitrogen and oxygen atoms in total. The number of benzene rings is 2. The number of ether oxygens (including phenoxy) is 1. The van der Waals surface area contributed by atoms with Gasteiger partial charge in [0, 0.05) is 17.6 Å². The Morgan fingerprint density at radius 2 is 1.65 bits per heavy atom. The number of nitrogens with one attached hydrogen (secondary N) is 2. The quantitative estimate of drug-likeness (QED) is 0.505. The van der Waals surface area contributed by atoms with Gasteiger partial charge in [-0.1, -0.05) is 30.3 Å². The van der Waals surface area contributed by atoms with E-state index < -0.39 is 42.1 Å². The maximum Gasteiger partial charge on any atom is 0.573 e. The van der Waals surface area contributed by atoms with Crippen LogP contribution in [0.3, 0.4) is 0 Å². The molecule has 0 radical (unpaired) electrons. The molecule has 2 heterocycles. The maximum absolute atomic E-state index is 13.6. The van der Waals surface area contributed by atoms with Gasteiger partial charge in [-0.05, 0) is 56.2 Å². The summed E-state index contributed by atoms with van der Waals surface area (Å²) in [4.78, 5) is 18.5. The summed E-state index contributed by atoms with van der Waals surface area (Å²) in [7, 11) is 0. The van der Waals surface area contributed by atoms with Gasteiger partial charge >= 0.3 is 12.5 Å². The first-order chi connectivity index (χ1) is 17.2. The van der Waals surface area contributed by atoms with E-state index in [0.717, 1.165) is 23.9 Å². The van der Waals surface area contributed by atoms with Crippen LogP contribution < -0.4 is 20.3 Å². The molecule has 0 bridgehead atoms. The minimum absolute atomic E-state index is 0.209. The fraction of sp³-hybridized carbons (Fsp3) is 0.360. The van der Waals surface area contributed by atoms with Crippen LogP contribution in [0.15, 0.2) is 71.4 Å². The zero-order chi connectivity index (χ0) is 27.0. The lowest BCUT2D eigenvalue weighted by molar-refractivity contribution is -0.274. The first-order valence-electron chi connectivity index (χ1n) is 11.3. The van der Waals surface area contributed by atoms with Gasteiger partial charge in [-0.15, -0.1) is 13.2 Å². The molecule has 1 unspecified atom stereocenters. The molecule has 4 rings (SSSR count). The molecule has 37 heavy (non-hydrogen) atoms. The number of allylic oxidation sites excluding steroid dienone is 1. The van der Waals surface area contributed by atoms with Gasteiger partial charge < -0.3 is 15.0 Å².